The Kier molecular flexibility index (Phi) is 6.26. The topological polar surface area (TPSA) is 99.3 Å². The number of hydrogen-bond donors (Lipinski definition) is 1. The van der Waals surface area contributed by atoms with Gasteiger partial charge in [0, 0.05) is 36.0 Å². The fraction of sp³-hybridized carbons (Fsp3) is 0.200. The van der Waals surface area contributed by atoms with Crippen molar-refractivity contribution in [2.75, 3.05) is 7.11 Å². The number of benzene rings is 2. The molecule has 1 heterocycles. The molecular weight excluding hydrogens is 396 g/mol. The van der Waals surface area contributed by atoms with Crippen molar-refractivity contribution < 1.29 is 14.5 Å². The van der Waals surface area contributed by atoms with E-state index in [1.165, 1.54) is 22.9 Å². The second-order valence-corrected chi connectivity index (χ2v) is 6.77. The molecule has 0 spiro atoms. The van der Waals surface area contributed by atoms with E-state index < -0.39 is 16.9 Å². The summed E-state index contributed by atoms with van der Waals surface area (Å²) in [5.74, 6) is -0.393. The summed E-state index contributed by atoms with van der Waals surface area (Å²) in [6.45, 7) is 1.81. The van der Waals surface area contributed by atoms with Gasteiger partial charge in [0.05, 0.1) is 16.7 Å². The Morgan fingerprint density at radius 2 is 2.00 bits per heavy atom. The molecule has 0 radical (unpaired) electrons. The van der Waals surface area contributed by atoms with E-state index in [0.29, 0.717) is 10.7 Å². The van der Waals surface area contributed by atoms with Crippen LogP contribution in [0.3, 0.4) is 0 Å². The Morgan fingerprint density at radius 3 is 2.69 bits per heavy atom. The fourth-order valence-corrected chi connectivity index (χ4v) is 3.24. The molecule has 0 bridgehead atoms. The highest BCUT2D eigenvalue weighted by atomic mass is 35.5. The molecule has 1 amide bonds. The number of nitrogens with one attached hydrogen (secondary N) is 1. The van der Waals surface area contributed by atoms with Crippen LogP contribution in [0.25, 0.3) is 5.69 Å². The molecule has 1 N–H and O–H groups in total. The molecule has 0 aliphatic heterocycles. The number of hydrogen-bond acceptors (Lipinski definition) is 5. The molecule has 1 aromatic heterocycles. The minimum Gasteiger partial charge on any atom is -0.375 e. The summed E-state index contributed by atoms with van der Waals surface area (Å²) < 4.78 is 6.95. The molecule has 0 unspecified atom stereocenters. The quantitative estimate of drug-likeness (QED) is 0.466. The van der Waals surface area contributed by atoms with Gasteiger partial charge in [-0.1, -0.05) is 35.9 Å². The highest BCUT2D eigenvalue weighted by Crippen LogP contribution is 2.27. The Bertz CT molecular complexity index is 1040. The number of carbonyl (C=O) groups is 1. The van der Waals surface area contributed by atoms with Gasteiger partial charge in [0.15, 0.2) is 5.69 Å². The van der Waals surface area contributed by atoms with Gasteiger partial charge in [0.2, 0.25) is 0 Å². The molecule has 0 saturated carbocycles. The maximum atomic E-state index is 12.6. The van der Waals surface area contributed by atoms with Crippen LogP contribution < -0.4 is 5.32 Å². The summed E-state index contributed by atoms with van der Waals surface area (Å²) in [6, 6.07) is 14.4. The van der Waals surface area contributed by atoms with Crippen molar-refractivity contribution in [3.63, 3.8) is 0 Å². The Balaban J connectivity index is 1.75. The van der Waals surface area contributed by atoms with E-state index in [1.807, 2.05) is 25.1 Å². The molecule has 2 aromatic carbocycles. The van der Waals surface area contributed by atoms with Crippen molar-refractivity contribution in [3.05, 3.63) is 87.2 Å². The second kappa shape index (κ2) is 8.85. The van der Waals surface area contributed by atoms with Gasteiger partial charge < -0.3 is 10.1 Å². The summed E-state index contributed by atoms with van der Waals surface area (Å²) in [5.41, 5.74) is 1.38. The van der Waals surface area contributed by atoms with Gasteiger partial charge in [-0.3, -0.25) is 14.9 Å². The zero-order valence-corrected chi connectivity index (χ0v) is 16.5. The zero-order chi connectivity index (χ0) is 21.0. The summed E-state index contributed by atoms with van der Waals surface area (Å²) in [7, 11) is 1.55. The van der Waals surface area contributed by atoms with Gasteiger partial charge in [0.1, 0.15) is 6.10 Å². The van der Waals surface area contributed by atoms with E-state index in [2.05, 4.69) is 10.4 Å². The molecule has 29 heavy (non-hydrogen) atoms. The number of non-ortho nitro benzene ring substituents is 1. The third-order valence-electron chi connectivity index (χ3n) is 4.41. The predicted molar refractivity (Wildman–Crippen MR) is 108 cm³/mol. The number of nitro groups is 1. The molecule has 0 saturated heterocycles. The van der Waals surface area contributed by atoms with Crippen LogP contribution in [-0.4, -0.2) is 33.8 Å². The summed E-state index contributed by atoms with van der Waals surface area (Å²) in [5, 5.41) is 18.6. The average Bonchev–Trinajstić information content (AvgIpc) is 3.20. The van der Waals surface area contributed by atoms with Crippen LogP contribution in [0, 0.1) is 10.1 Å². The number of methoxy groups -OCH3 is 1. The third-order valence-corrected chi connectivity index (χ3v) is 4.75. The van der Waals surface area contributed by atoms with Crippen molar-refractivity contribution in [3.8, 4) is 5.69 Å². The SMILES string of the molecule is CO[C@H](c1ccccc1Cl)[C@@H](C)NC(=O)c1ccn(-c2cccc([N+](=O)[O-])c2)n1. The molecule has 150 valence electrons. The van der Waals surface area contributed by atoms with Crippen LogP contribution in [0.5, 0.6) is 0 Å². The number of nitro benzene ring substituents is 1. The van der Waals surface area contributed by atoms with Crippen molar-refractivity contribution in [2.24, 2.45) is 0 Å². The third kappa shape index (κ3) is 4.61. The van der Waals surface area contributed by atoms with E-state index in [9.17, 15) is 14.9 Å². The molecule has 2 atom stereocenters. The van der Waals surface area contributed by atoms with Crippen LogP contribution in [0.2, 0.25) is 5.02 Å². The monoisotopic (exact) mass is 414 g/mol. The number of carbonyl (C=O) groups excluding carboxylic acids is 1. The minimum atomic E-state index is -0.484. The maximum Gasteiger partial charge on any atom is 0.272 e. The molecule has 0 aliphatic rings. The van der Waals surface area contributed by atoms with Gasteiger partial charge in [-0.25, -0.2) is 4.68 Å². The van der Waals surface area contributed by atoms with E-state index >= 15 is 0 Å². The average molecular weight is 415 g/mol. The van der Waals surface area contributed by atoms with E-state index in [-0.39, 0.29) is 17.4 Å². The first kappa shape index (κ1) is 20.5. The number of nitrogens with zero attached hydrogens (tertiary/aromatic N) is 3. The molecule has 0 fully saturated rings. The second-order valence-electron chi connectivity index (χ2n) is 6.36. The Hall–Kier alpha value is -3.23. The van der Waals surface area contributed by atoms with Crippen molar-refractivity contribution in [2.45, 2.75) is 19.1 Å². The van der Waals surface area contributed by atoms with E-state index in [4.69, 9.17) is 16.3 Å². The number of ether oxygens (including phenoxy) is 1. The fourth-order valence-electron chi connectivity index (χ4n) is 3.00. The number of aromatic nitrogens is 2. The first-order valence-electron chi connectivity index (χ1n) is 8.79. The van der Waals surface area contributed by atoms with Gasteiger partial charge in [-0.05, 0) is 25.1 Å². The normalized spacial score (nSPS) is 12.9. The van der Waals surface area contributed by atoms with Gasteiger partial charge in [-0.15, -0.1) is 0 Å². The van der Waals surface area contributed by atoms with Crippen LogP contribution in [-0.2, 0) is 4.74 Å². The van der Waals surface area contributed by atoms with Crippen molar-refractivity contribution >= 4 is 23.2 Å². The first-order valence-corrected chi connectivity index (χ1v) is 9.17. The van der Waals surface area contributed by atoms with Crippen LogP contribution in [0.4, 0.5) is 5.69 Å². The Labute approximate surface area is 172 Å². The molecule has 8 nitrogen and oxygen atoms in total. The molecule has 3 rings (SSSR count). The van der Waals surface area contributed by atoms with Gasteiger partial charge in [0.25, 0.3) is 11.6 Å². The molecular formula is C20H19ClN4O4. The number of halogens is 1. The zero-order valence-electron chi connectivity index (χ0n) is 15.8. The van der Waals surface area contributed by atoms with Crippen LogP contribution in [0.1, 0.15) is 29.1 Å². The molecule has 3 aromatic rings. The predicted octanol–water partition coefficient (Wildman–Crippen LogP) is 3.94. The highest BCUT2D eigenvalue weighted by molar-refractivity contribution is 6.31. The lowest BCUT2D eigenvalue weighted by Gasteiger charge is -2.24. The largest absolute Gasteiger partial charge is 0.375 e. The standard InChI is InChI=1S/C20H19ClN4O4/c1-13(19(29-2)16-8-3-4-9-17(16)21)22-20(26)18-10-11-24(23-18)14-6-5-7-15(12-14)25(27)28/h3-13,19H,1-2H3,(H,22,26)/t13-,19+/m1/s1. The maximum absolute atomic E-state index is 12.6. The summed E-state index contributed by atoms with van der Waals surface area (Å²) >= 11 is 6.25. The van der Waals surface area contributed by atoms with Gasteiger partial charge >= 0.3 is 0 Å². The van der Waals surface area contributed by atoms with Crippen LogP contribution >= 0.6 is 11.6 Å². The van der Waals surface area contributed by atoms with Gasteiger partial charge in [-0.2, -0.15) is 5.10 Å². The summed E-state index contributed by atoms with van der Waals surface area (Å²) in [4.78, 5) is 23.1. The molecule has 0 aliphatic carbocycles. The Morgan fingerprint density at radius 1 is 1.24 bits per heavy atom. The number of rotatable bonds is 7. The number of amides is 1. The minimum absolute atomic E-state index is 0.0553. The lowest BCUT2D eigenvalue weighted by Crippen LogP contribution is -2.38. The van der Waals surface area contributed by atoms with E-state index in [1.54, 1.807) is 31.5 Å². The molecule has 9 heteroatoms. The van der Waals surface area contributed by atoms with Crippen molar-refractivity contribution in [1.29, 1.82) is 0 Å². The lowest BCUT2D eigenvalue weighted by molar-refractivity contribution is -0.384. The smallest absolute Gasteiger partial charge is 0.272 e. The van der Waals surface area contributed by atoms with Crippen molar-refractivity contribution in [1.82, 2.24) is 15.1 Å². The first-order chi connectivity index (χ1) is 13.9. The van der Waals surface area contributed by atoms with E-state index in [0.717, 1.165) is 5.56 Å². The highest BCUT2D eigenvalue weighted by Gasteiger charge is 2.24. The van der Waals surface area contributed by atoms with Crippen LogP contribution in [0.15, 0.2) is 60.8 Å². The summed E-state index contributed by atoms with van der Waals surface area (Å²) in [6.07, 6.45) is 1.13. The lowest BCUT2D eigenvalue weighted by atomic mass is 10.0.